The molecule has 0 saturated heterocycles. The van der Waals surface area contributed by atoms with Gasteiger partial charge in [0.1, 0.15) is 12.3 Å². The fourth-order valence-corrected chi connectivity index (χ4v) is 2.32. The first-order chi connectivity index (χ1) is 10.1. The van der Waals surface area contributed by atoms with Gasteiger partial charge in [-0.15, -0.1) is 11.3 Å². The molecule has 0 atom stereocenters. The number of anilines is 1. The van der Waals surface area contributed by atoms with E-state index in [0.29, 0.717) is 12.5 Å². The first kappa shape index (κ1) is 15.2. The van der Waals surface area contributed by atoms with Crippen LogP contribution in [0, 0.1) is 17.0 Å². The van der Waals surface area contributed by atoms with E-state index < -0.39 is 4.92 Å². The van der Waals surface area contributed by atoms with Crippen molar-refractivity contribution < 1.29 is 9.66 Å². The fourth-order valence-electron chi connectivity index (χ4n) is 1.70. The van der Waals surface area contributed by atoms with Crippen molar-refractivity contribution in [3.05, 3.63) is 38.2 Å². The Morgan fingerprint density at radius 2 is 2.29 bits per heavy atom. The number of thiophene rings is 1. The largest absolute Gasteiger partial charge is 0.467 e. The summed E-state index contributed by atoms with van der Waals surface area (Å²) in [4.78, 5) is 19.8. The summed E-state index contributed by atoms with van der Waals surface area (Å²) < 4.78 is 5.52. The highest BCUT2D eigenvalue weighted by Gasteiger charge is 2.23. The Bertz CT molecular complexity index is 616. The lowest BCUT2D eigenvalue weighted by Gasteiger charge is -2.09. The van der Waals surface area contributed by atoms with E-state index in [2.05, 4.69) is 15.3 Å². The predicted molar refractivity (Wildman–Crippen MR) is 80.9 cm³/mol. The summed E-state index contributed by atoms with van der Waals surface area (Å²) in [6.07, 6.45) is 0.908. The molecule has 0 unspecified atom stereocenters. The minimum Gasteiger partial charge on any atom is -0.467 e. The van der Waals surface area contributed by atoms with Crippen LogP contribution in [0.25, 0.3) is 0 Å². The molecule has 1 N–H and O–H groups in total. The van der Waals surface area contributed by atoms with Crippen molar-refractivity contribution in [2.75, 3.05) is 11.9 Å². The Morgan fingerprint density at radius 1 is 1.48 bits per heavy atom. The molecule has 0 amide bonds. The summed E-state index contributed by atoms with van der Waals surface area (Å²) in [6, 6.07) is 3.80. The van der Waals surface area contributed by atoms with Gasteiger partial charge in [-0.3, -0.25) is 10.1 Å². The van der Waals surface area contributed by atoms with E-state index in [9.17, 15) is 10.1 Å². The average Bonchev–Trinajstić information content (AvgIpc) is 2.95. The zero-order valence-corrected chi connectivity index (χ0v) is 12.6. The van der Waals surface area contributed by atoms with Crippen molar-refractivity contribution in [3.63, 3.8) is 0 Å². The maximum Gasteiger partial charge on any atom is 0.352 e. The van der Waals surface area contributed by atoms with Crippen molar-refractivity contribution in [2.24, 2.45) is 0 Å². The van der Waals surface area contributed by atoms with Gasteiger partial charge in [0.2, 0.25) is 5.95 Å². The van der Waals surface area contributed by atoms with E-state index in [-0.39, 0.29) is 23.9 Å². The minimum atomic E-state index is -0.511. The van der Waals surface area contributed by atoms with Crippen molar-refractivity contribution in [3.8, 4) is 5.88 Å². The lowest BCUT2D eigenvalue weighted by Crippen LogP contribution is -2.09. The van der Waals surface area contributed by atoms with E-state index >= 15 is 0 Å². The fraction of sp³-hybridized carbons (Fsp3) is 0.385. The lowest BCUT2D eigenvalue weighted by atomic mass is 10.3. The highest BCUT2D eigenvalue weighted by Crippen LogP contribution is 2.29. The Balaban J connectivity index is 2.25. The van der Waals surface area contributed by atoms with Crippen LogP contribution in [0.15, 0.2) is 17.5 Å². The van der Waals surface area contributed by atoms with Crippen molar-refractivity contribution in [1.82, 2.24) is 9.97 Å². The predicted octanol–water partition coefficient (Wildman–Crippen LogP) is 3.16. The number of nitro groups is 1. The van der Waals surface area contributed by atoms with Crippen molar-refractivity contribution >= 4 is 23.0 Å². The highest BCUT2D eigenvalue weighted by molar-refractivity contribution is 7.09. The Labute approximate surface area is 126 Å². The molecule has 7 nitrogen and oxygen atoms in total. The SMILES string of the molecule is CCCNc1nc(C)c([N+](=O)[O-])c(OCc2cccs2)n1. The molecule has 0 spiro atoms. The molecule has 2 aromatic heterocycles. The molecule has 2 rings (SSSR count). The highest BCUT2D eigenvalue weighted by atomic mass is 32.1. The molecular formula is C13H16N4O3S. The van der Waals surface area contributed by atoms with Crippen molar-refractivity contribution in [2.45, 2.75) is 26.9 Å². The number of nitrogens with one attached hydrogen (secondary N) is 1. The van der Waals surface area contributed by atoms with Gasteiger partial charge in [-0.2, -0.15) is 4.98 Å². The number of rotatable bonds is 7. The Morgan fingerprint density at radius 3 is 2.90 bits per heavy atom. The molecular weight excluding hydrogens is 292 g/mol. The number of hydrogen-bond acceptors (Lipinski definition) is 7. The van der Waals surface area contributed by atoms with Gasteiger partial charge < -0.3 is 10.1 Å². The van der Waals surface area contributed by atoms with Gasteiger partial charge in [0.05, 0.1) is 4.92 Å². The maximum atomic E-state index is 11.2. The number of hydrogen-bond donors (Lipinski definition) is 1. The molecule has 112 valence electrons. The van der Waals surface area contributed by atoms with Crippen LogP contribution >= 0.6 is 11.3 Å². The summed E-state index contributed by atoms with van der Waals surface area (Å²) >= 11 is 1.52. The Kier molecular flexibility index (Phi) is 5.04. The lowest BCUT2D eigenvalue weighted by molar-refractivity contribution is -0.387. The monoisotopic (exact) mass is 308 g/mol. The van der Waals surface area contributed by atoms with Crippen LogP contribution in [0.2, 0.25) is 0 Å². The quantitative estimate of drug-likeness (QED) is 0.624. The number of ether oxygens (including phenoxy) is 1. The molecule has 0 aliphatic rings. The minimum absolute atomic E-state index is 0.000460. The van der Waals surface area contributed by atoms with Crippen molar-refractivity contribution in [1.29, 1.82) is 0 Å². The van der Waals surface area contributed by atoms with Crippen LogP contribution in [0.1, 0.15) is 23.9 Å². The third kappa shape index (κ3) is 3.88. The van der Waals surface area contributed by atoms with E-state index in [4.69, 9.17) is 4.74 Å². The molecule has 0 aromatic carbocycles. The smallest absolute Gasteiger partial charge is 0.352 e. The third-order valence-corrected chi connectivity index (χ3v) is 3.52. The molecule has 2 heterocycles. The molecule has 0 saturated carbocycles. The topological polar surface area (TPSA) is 90.2 Å². The van der Waals surface area contributed by atoms with Gasteiger partial charge in [0.25, 0.3) is 5.88 Å². The molecule has 8 heteroatoms. The average molecular weight is 308 g/mol. The second-order valence-electron chi connectivity index (χ2n) is 4.34. The van der Waals surface area contributed by atoms with E-state index in [1.165, 1.54) is 11.3 Å². The summed E-state index contributed by atoms with van der Waals surface area (Å²) in [5.41, 5.74) is 0.100. The summed E-state index contributed by atoms with van der Waals surface area (Å²) in [5, 5.41) is 16.1. The van der Waals surface area contributed by atoms with Crippen LogP contribution in [0.5, 0.6) is 5.88 Å². The molecule has 21 heavy (non-hydrogen) atoms. The molecule has 0 radical (unpaired) electrons. The summed E-state index contributed by atoms with van der Waals surface area (Å²) in [5.74, 6) is 0.348. The molecule has 0 aliphatic carbocycles. The zero-order chi connectivity index (χ0) is 15.2. The maximum absolute atomic E-state index is 11.2. The molecule has 0 bridgehead atoms. The summed E-state index contributed by atoms with van der Waals surface area (Å²) in [6.45, 7) is 4.54. The third-order valence-electron chi connectivity index (χ3n) is 2.67. The van der Waals surface area contributed by atoms with Gasteiger partial charge in [0.15, 0.2) is 0 Å². The normalized spacial score (nSPS) is 10.4. The van der Waals surface area contributed by atoms with E-state index in [1.807, 2.05) is 24.4 Å². The number of nitrogens with zero attached hydrogens (tertiary/aromatic N) is 3. The standard InChI is InChI=1S/C13H16N4O3S/c1-3-6-14-13-15-9(2)11(17(18)19)12(16-13)20-8-10-5-4-7-21-10/h4-5,7H,3,6,8H2,1-2H3,(H,14,15,16). The van der Waals surface area contributed by atoms with Crippen LogP contribution < -0.4 is 10.1 Å². The van der Waals surface area contributed by atoms with Gasteiger partial charge in [-0.25, -0.2) is 4.98 Å². The first-order valence-electron chi connectivity index (χ1n) is 6.54. The second kappa shape index (κ2) is 6.98. The number of aromatic nitrogens is 2. The van der Waals surface area contributed by atoms with Crippen LogP contribution in [0.4, 0.5) is 11.6 Å². The second-order valence-corrected chi connectivity index (χ2v) is 5.37. The van der Waals surface area contributed by atoms with Crippen LogP contribution in [-0.2, 0) is 6.61 Å². The molecule has 0 aliphatic heterocycles. The van der Waals surface area contributed by atoms with Gasteiger partial charge in [0, 0.05) is 11.4 Å². The molecule has 2 aromatic rings. The first-order valence-corrected chi connectivity index (χ1v) is 7.42. The zero-order valence-electron chi connectivity index (χ0n) is 11.8. The van der Waals surface area contributed by atoms with Crippen LogP contribution in [-0.4, -0.2) is 21.4 Å². The van der Waals surface area contributed by atoms with Gasteiger partial charge in [-0.1, -0.05) is 13.0 Å². The Hall–Kier alpha value is -2.22. The van der Waals surface area contributed by atoms with E-state index in [0.717, 1.165) is 11.3 Å². The van der Waals surface area contributed by atoms with Gasteiger partial charge >= 0.3 is 5.69 Å². The van der Waals surface area contributed by atoms with Crippen LogP contribution in [0.3, 0.4) is 0 Å². The number of aryl methyl sites for hydroxylation is 1. The van der Waals surface area contributed by atoms with Gasteiger partial charge in [-0.05, 0) is 24.8 Å². The summed E-state index contributed by atoms with van der Waals surface area (Å²) in [7, 11) is 0. The molecule has 0 fully saturated rings. The van der Waals surface area contributed by atoms with E-state index in [1.54, 1.807) is 6.92 Å².